The lowest BCUT2D eigenvalue weighted by Crippen LogP contribution is -2.25. The fourth-order valence-electron chi connectivity index (χ4n) is 1.85. The van der Waals surface area contributed by atoms with Crippen LogP contribution in [0.4, 0.5) is 17.1 Å². The van der Waals surface area contributed by atoms with Crippen molar-refractivity contribution in [2.45, 2.75) is 31.7 Å². The average molecular weight is 278 g/mol. The predicted molar refractivity (Wildman–Crippen MR) is 76.4 cm³/mol. The molecule has 0 heterocycles. The van der Waals surface area contributed by atoms with Gasteiger partial charge in [0.1, 0.15) is 0 Å². The maximum atomic E-state index is 11.5. The Labute approximate surface area is 116 Å². The molecule has 1 aromatic carbocycles. The lowest BCUT2D eigenvalue weighted by molar-refractivity contribution is -0.384. The molecule has 1 aliphatic rings. The van der Waals surface area contributed by atoms with Gasteiger partial charge < -0.3 is 16.4 Å². The zero-order valence-corrected chi connectivity index (χ0v) is 11.1. The summed E-state index contributed by atoms with van der Waals surface area (Å²) in [5.41, 5.74) is 6.50. The van der Waals surface area contributed by atoms with Crippen LogP contribution in [0.2, 0.25) is 0 Å². The number of nitrogen functional groups attached to an aromatic ring is 1. The van der Waals surface area contributed by atoms with E-state index in [0.29, 0.717) is 36.8 Å². The number of nitrogens with two attached hydrogens (primary N) is 1. The van der Waals surface area contributed by atoms with E-state index in [4.69, 9.17) is 5.73 Å². The summed E-state index contributed by atoms with van der Waals surface area (Å²) in [7, 11) is 0. The zero-order valence-electron chi connectivity index (χ0n) is 11.1. The van der Waals surface area contributed by atoms with Gasteiger partial charge in [-0.25, -0.2) is 0 Å². The van der Waals surface area contributed by atoms with Gasteiger partial charge in [-0.3, -0.25) is 14.9 Å². The maximum absolute atomic E-state index is 11.5. The summed E-state index contributed by atoms with van der Waals surface area (Å²) < 4.78 is 0. The summed E-state index contributed by atoms with van der Waals surface area (Å²) >= 11 is 0. The highest BCUT2D eigenvalue weighted by molar-refractivity contribution is 5.76. The number of nitro groups is 1. The van der Waals surface area contributed by atoms with Crippen LogP contribution in [0.3, 0.4) is 0 Å². The molecule has 0 radical (unpaired) electrons. The van der Waals surface area contributed by atoms with E-state index in [0.717, 1.165) is 12.8 Å². The number of anilines is 2. The van der Waals surface area contributed by atoms with Gasteiger partial charge in [0.2, 0.25) is 5.91 Å². The molecule has 0 saturated heterocycles. The van der Waals surface area contributed by atoms with Crippen molar-refractivity contribution in [3.8, 4) is 0 Å². The number of benzene rings is 1. The van der Waals surface area contributed by atoms with Crippen molar-refractivity contribution in [1.82, 2.24) is 5.32 Å². The first kappa shape index (κ1) is 14.1. The SMILES string of the molecule is Nc1cc(NCCCC(=O)NC2CC2)cc([N+](=O)[O-])c1. The minimum atomic E-state index is -0.482. The smallest absolute Gasteiger partial charge is 0.273 e. The lowest BCUT2D eigenvalue weighted by atomic mass is 10.2. The van der Waals surface area contributed by atoms with Gasteiger partial charge in [0.05, 0.1) is 4.92 Å². The van der Waals surface area contributed by atoms with Crippen LogP contribution in [0, 0.1) is 10.1 Å². The molecule has 0 aliphatic heterocycles. The third-order valence-corrected chi connectivity index (χ3v) is 3.00. The molecule has 7 heteroatoms. The standard InChI is InChI=1S/C13H18N4O3/c14-9-6-11(8-12(7-9)17(19)20)15-5-1-2-13(18)16-10-3-4-10/h6-8,10,15H,1-5,14H2,(H,16,18). The van der Waals surface area contributed by atoms with E-state index < -0.39 is 4.92 Å². The van der Waals surface area contributed by atoms with E-state index in [1.54, 1.807) is 6.07 Å². The molecular formula is C13H18N4O3. The largest absolute Gasteiger partial charge is 0.398 e. The molecule has 20 heavy (non-hydrogen) atoms. The van der Waals surface area contributed by atoms with E-state index in [1.165, 1.54) is 12.1 Å². The molecule has 1 saturated carbocycles. The Morgan fingerprint density at radius 2 is 2.15 bits per heavy atom. The third kappa shape index (κ3) is 4.42. The van der Waals surface area contributed by atoms with Gasteiger partial charge in [0.25, 0.3) is 5.69 Å². The Bertz CT molecular complexity index is 514. The maximum Gasteiger partial charge on any atom is 0.273 e. The monoisotopic (exact) mass is 278 g/mol. The van der Waals surface area contributed by atoms with Crippen LogP contribution in [-0.2, 0) is 4.79 Å². The highest BCUT2D eigenvalue weighted by Gasteiger charge is 2.22. The molecule has 0 aromatic heterocycles. The number of carbonyl (C=O) groups excluding carboxylic acids is 1. The third-order valence-electron chi connectivity index (χ3n) is 3.00. The van der Waals surface area contributed by atoms with Crippen LogP contribution in [-0.4, -0.2) is 23.4 Å². The Balaban J connectivity index is 1.75. The zero-order chi connectivity index (χ0) is 14.5. The van der Waals surface area contributed by atoms with E-state index in [9.17, 15) is 14.9 Å². The molecule has 108 valence electrons. The number of non-ortho nitro benzene ring substituents is 1. The van der Waals surface area contributed by atoms with Crippen LogP contribution in [0.1, 0.15) is 25.7 Å². The fraction of sp³-hybridized carbons (Fsp3) is 0.462. The van der Waals surface area contributed by atoms with Crippen molar-refractivity contribution in [3.05, 3.63) is 28.3 Å². The Morgan fingerprint density at radius 1 is 1.40 bits per heavy atom. The van der Waals surface area contributed by atoms with E-state index >= 15 is 0 Å². The molecule has 4 N–H and O–H groups in total. The second-order valence-corrected chi connectivity index (χ2v) is 4.94. The minimum Gasteiger partial charge on any atom is -0.398 e. The van der Waals surface area contributed by atoms with Crippen LogP contribution in [0.25, 0.3) is 0 Å². The van der Waals surface area contributed by atoms with Crippen molar-refractivity contribution >= 4 is 23.0 Å². The quantitative estimate of drug-likeness (QED) is 0.304. The van der Waals surface area contributed by atoms with E-state index in [2.05, 4.69) is 10.6 Å². The van der Waals surface area contributed by atoms with Gasteiger partial charge in [-0.05, 0) is 25.3 Å². The van der Waals surface area contributed by atoms with Crippen LogP contribution in [0.15, 0.2) is 18.2 Å². The molecule has 0 bridgehead atoms. The number of nitrogens with one attached hydrogen (secondary N) is 2. The molecule has 0 spiro atoms. The summed E-state index contributed by atoms with van der Waals surface area (Å²) in [5, 5.41) is 16.7. The predicted octanol–water partition coefficient (Wildman–Crippen LogP) is 1.65. The van der Waals surface area contributed by atoms with Crippen molar-refractivity contribution in [3.63, 3.8) is 0 Å². The average Bonchev–Trinajstić information content (AvgIpc) is 3.18. The molecule has 0 unspecified atom stereocenters. The summed E-state index contributed by atoms with van der Waals surface area (Å²) in [5.74, 6) is 0.0628. The first-order valence-corrected chi connectivity index (χ1v) is 6.63. The Hall–Kier alpha value is -2.31. The molecule has 1 fully saturated rings. The first-order chi connectivity index (χ1) is 9.54. The molecule has 0 atom stereocenters. The van der Waals surface area contributed by atoms with Gasteiger partial charge in [-0.1, -0.05) is 0 Å². The highest BCUT2D eigenvalue weighted by atomic mass is 16.6. The normalized spacial score (nSPS) is 13.8. The molecule has 2 rings (SSSR count). The van der Waals surface area contributed by atoms with Gasteiger partial charge in [-0.2, -0.15) is 0 Å². The van der Waals surface area contributed by atoms with E-state index in [-0.39, 0.29) is 11.6 Å². The minimum absolute atomic E-state index is 0.0426. The number of amides is 1. The van der Waals surface area contributed by atoms with Crippen molar-refractivity contribution in [2.24, 2.45) is 0 Å². The fourth-order valence-corrected chi connectivity index (χ4v) is 1.85. The van der Waals surface area contributed by atoms with Crippen LogP contribution >= 0.6 is 0 Å². The Morgan fingerprint density at radius 3 is 2.80 bits per heavy atom. The topological polar surface area (TPSA) is 110 Å². The van der Waals surface area contributed by atoms with Crippen LogP contribution in [0.5, 0.6) is 0 Å². The number of hydrogen-bond donors (Lipinski definition) is 3. The van der Waals surface area contributed by atoms with Gasteiger partial charge >= 0.3 is 0 Å². The van der Waals surface area contributed by atoms with Crippen molar-refractivity contribution in [2.75, 3.05) is 17.6 Å². The van der Waals surface area contributed by atoms with Gasteiger partial charge in [0.15, 0.2) is 0 Å². The summed E-state index contributed by atoms with van der Waals surface area (Å²) in [6, 6.07) is 4.76. The van der Waals surface area contributed by atoms with Crippen molar-refractivity contribution < 1.29 is 9.72 Å². The van der Waals surface area contributed by atoms with Crippen LogP contribution < -0.4 is 16.4 Å². The number of hydrogen-bond acceptors (Lipinski definition) is 5. The van der Waals surface area contributed by atoms with Gasteiger partial charge in [-0.15, -0.1) is 0 Å². The summed E-state index contributed by atoms with van der Waals surface area (Å²) in [6.07, 6.45) is 3.28. The van der Waals surface area contributed by atoms with Crippen molar-refractivity contribution in [1.29, 1.82) is 0 Å². The molecular weight excluding hydrogens is 260 g/mol. The number of rotatable bonds is 7. The summed E-state index contributed by atoms with van der Waals surface area (Å²) in [6.45, 7) is 0.568. The number of carbonyl (C=O) groups is 1. The highest BCUT2D eigenvalue weighted by Crippen LogP contribution is 2.22. The molecule has 1 amide bonds. The van der Waals surface area contributed by atoms with E-state index in [1.807, 2.05) is 0 Å². The summed E-state index contributed by atoms with van der Waals surface area (Å²) in [4.78, 5) is 21.7. The number of nitro benzene ring substituents is 1. The first-order valence-electron chi connectivity index (χ1n) is 6.63. The second-order valence-electron chi connectivity index (χ2n) is 4.94. The second kappa shape index (κ2) is 6.23. The van der Waals surface area contributed by atoms with Gasteiger partial charge in [0, 0.05) is 42.5 Å². The number of nitrogens with zero attached hydrogens (tertiary/aromatic N) is 1. The molecule has 7 nitrogen and oxygen atoms in total. The lowest BCUT2D eigenvalue weighted by Gasteiger charge is -2.07. The Kier molecular flexibility index (Phi) is 4.39. The molecule has 1 aromatic rings. The molecule has 1 aliphatic carbocycles.